The van der Waals surface area contributed by atoms with Crippen LogP contribution in [0, 0.1) is 0 Å². The second kappa shape index (κ2) is 8.99. The number of nitrogens with zero attached hydrogens (tertiary/aromatic N) is 4. The van der Waals surface area contributed by atoms with E-state index >= 15 is 0 Å². The minimum absolute atomic E-state index is 0.431. The van der Waals surface area contributed by atoms with E-state index in [1.807, 2.05) is 0 Å². The van der Waals surface area contributed by atoms with E-state index in [4.69, 9.17) is 15.6 Å². The highest BCUT2D eigenvalue weighted by molar-refractivity contribution is 5.62. The maximum Gasteiger partial charge on any atom is 0.300 e. The van der Waals surface area contributed by atoms with Crippen LogP contribution < -0.4 is 10.6 Å². The van der Waals surface area contributed by atoms with Gasteiger partial charge in [-0.05, 0) is 25.9 Å². The number of rotatable bonds is 5. The van der Waals surface area contributed by atoms with E-state index in [9.17, 15) is 0 Å². The van der Waals surface area contributed by atoms with Gasteiger partial charge in [0.15, 0.2) is 0 Å². The van der Waals surface area contributed by atoms with Crippen molar-refractivity contribution in [3.8, 4) is 0 Å². The number of hydrogen-bond acceptors (Lipinski definition) is 6. The Labute approximate surface area is 150 Å². The van der Waals surface area contributed by atoms with Gasteiger partial charge in [-0.3, -0.25) is 9.69 Å². The summed E-state index contributed by atoms with van der Waals surface area (Å²) in [6.45, 7) is 9.90. The quantitative estimate of drug-likeness (QED) is 0.842. The molecule has 0 spiro atoms. The summed E-state index contributed by atoms with van der Waals surface area (Å²) in [6.07, 6.45) is 5.13. The highest BCUT2D eigenvalue weighted by atomic mass is 16.4. The summed E-state index contributed by atoms with van der Waals surface area (Å²) in [7, 11) is 0. The maximum atomic E-state index is 9.00. The monoisotopic (exact) mass is 349 g/mol. The fraction of sp³-hybridized carbons (Fsp3) is 0.722. The van der Waals surface area contributed by atoms with Gasteiger partial charge in [-0.25, -0.2) is 4.98 Å². The zero-order valence-corrected chi connectivity index (χ0v) is 15.6. The average molecular weight is 349 g/mol. The molecule has 0 bridgehead atoms. The zero-order chi connectivity index (χ0) is 18.4. The molecule has 1 aromatic rings. The third-order valence-corrected chi connectivity index (χ3v) is 5.04. The van der Waals surface area contributed by atoms with Crippen LogP contribution in [0.15, 0.2) is 6.07 Å². The van der Waals surface area contributed by atoms with Crippen LogP contribution in [-0.2, 0) is 4.79 Å². The summed E-state index contributed by atoms with van der Waals surface area (Å²) >= 11 is 0. The molecule has 2 heterocycles. The molecular weight excluding hydrogens is 318 g/mol. The molecule has 1 aromatic heterocycles. The lowest BCUT2D eigenvalue weighted by molar-refractivity contribution is -0.134. The molecule has 7 heteroatoms. The molecule has 7 nitrogen and oxygen atoms in total. The van der Waals surface area contributed by atoms with Crippen molar-refractivity contribution in [2.24, 2.45) is 0 Å². The number of aromatic nitrogens is 2. The van der Waals surface area contributed by atoms with Crippen LogP contribution >= 0.6 is 0 Å². The van der Waals surface area contributed by atoms with Crippen LogP contribution in [-0.4, -0.2) is 58.2 Å². The van der Waals surface area contributed by atoms with Crippen LogP contribution in [0.5, 0.6) is 0 Å². The number of nitrogens with two attached hydrogens (primary N) is 1. The van der Waals surface area contributed by atoms with Gasteiger partial charge >= 0.3 is 0 Å². The first-order chi connectivity index (χ1) is 11.9. The minimum Gasteiger partial charge on any atom is -0.481 e. The normalized spacial score (nSPS) is 18.0. The van der Waals surface area contributed by atoms with Gasteiger partial charge in [-0.15, -0.1) is 0 Å². The van der Waals surface area contributed by atoms with E-state index in [2.05, 4.69) is 39.7 Å². The molecule has 3 rings (SSSR count). The lowest BCUT2D eigenvalue weighted by Crippen LogP contribution is -2.59. The lowest BCUT2D eigenvalue weighted by atomic mass is 10.0. The number of carbonyl (C=O) groups is 1. The lowest BCUT2D eigenvalue weighted by Gasteiger charge is -2.45. The highest BCUT2D eigenvalue weighted by Gasteiger charge is 2.32. The molecule has 140 valence electrons. The summed E-state index contributed by atoms with van der Waals surface area (Å²) < 4.78 is 0. The Morgan fingerprint density at radius 2 is 1.84 bits per heavy atom. The number of anilines is 2. The minimum atomic E-state index is -0.833. The topological polar surface area (TPSA) is 95.6 Å². The highest BCUT2D eigenvalue weighted by Crippen LogP contribution is 2.35. The van der Waals surface area contributed by atoms with Gasteiger partial charge in [0.1, 0.15) is 5.82 Å². The third kappa shape index (κ3) is 5.29. The molecule has 3 N–H and O–H groups in total. The molecule has 1 saturated carbocycles. The van der Waals surface area contributed by atoms with Crippen LogP contribution in [0.25, 0.3) is 0 Å². The molecule has 0 unspecified atom stereocenters. The van der Waals surface area contributed by atoms with E-state index in [0.29, 0.717) is 17.9 Å². The van der Waals surface area contributed by atoms with Crippen molar-refractivity contribution >= 4 is 17.7 Å². The number of carboxylic acids is 1. The molecule has 0 aromatic carbocycles. The smallest absolute Gasteiger partial charge is 0.300 e. The van der Waals surface area contributed by atoms with Crippen molar-refractivity contribution in [1.82, 2.24) is 14.9 Å². The predicted octanol–water partition coefficient (Wildman–Crippen LogP) is 2.34. The molecular formula is C18H31N5O2. The van der Waals surface area contributed by atoms with Gasteiger partial charge in [0.25, 0.3) is 5.97 Å². The van der Waals surface area contributed by atoms with Crippen LogP contribution in [0.2, 0.25) is 0 Å². The maximum absolute atomic E-state index is 9.00. The Balaban J connectivity index is 0.000000511. The van der Waals surface area contributed by atoms with Crippen LogP contribution in [0.1, 0.15) is 58.1 Å². The van der Waals surface area contributed by atoms with Crippen molar-refractivity contribution in [3.05, 3.63) is 11.8 Å². The Bertz CT molecular complexity index is 561. The van der Waals surface area contributed by atoms with Gasteiger partial charge in [0.05, 0.1) is 5.69 Å². The second-order valence-electron chi connectivity index (χ2n) is 6.79. The Morgan fingerprint density at radius 1 is 1.28 bits per heavy atom. The molecule has 1 saturated heterocycles. The number of likely N-dealkylation sites (N-methyl/N-ethyl adjacent to an activating group) is 1. The summed E-state index contributed by atoms with van der Waals surface area (Å²) in [4.78, 5) is 22.8. The molecule has 2 aliphatic rings. The number of hydrogen-bond donors (Lipinski definition) is 2. The average Bonchev–Trinajstić information content (AvgIpc) is 3.03. The number of nitrogen functional groups attached to an aromatic ring is 1. The fourth-order valence-electron chi connectivity index (χ4n) is 3.68. The van der Waals surface area contributed by atoms with E-state index < -0.39 is 5.97 Å². The van der Waals surface area contributed by atoms with Gasteiger partial charge in [-0.1, -0.05) is 26.7 Å². The summed E-state index contributed by atoms with van der Waals surface area (Å²) in [5.41, 5.74) is 7.09. The SMILES string of the molecule is CC(=O)O.CCN(CC)C1CN(c2cc(C3CCCC3)nc(N)n2)C1. The molecule has 1 aliphatic heterocycles. The van der Waals surface area contributed by atoms with Crippen molar-refractivity contribution in [2.75, 3.05) is 36.8 Å². The molecule has 25 heavy (non-hydrogen) atoms. The second-order valence-corrected chi connectivity index (χ2v) is 6.79. The first-order valence-corrected chi connectivity index (χ1v) is 9.27. The van der Waals surface area contributed by atoms with Gasteiger partial charge in [0, 0.05) is 38.0 Å². The van der Waals surface area contributed by atoms with E-state index in [1.54, 1.807) is 0 Å². The van der Waals surface area contributed by atoms with Crippen molar-refractivity contribution in [1.29, 1.82) is 0 Å². The van der Waals surface area contributed by atoms with Gasteiger partial charge < -0.3 is 15.7 Å². The molecule has 0 radical (unpaired) electrons. The van der Waals surface area contributed by atoms with Crippen molar-refractivity contribution in [3.63, 3.8) is 0 Å². The number of carboxylic acid groups (broad SMARTS) is 1. The van der Waals surface area contributed by atoms with Crippen LogP contribution in [0.4, 0.5) is 11.8 Å². The van der Waals surface area contributed by atoms with Crippen LogP contribution in [0.3, 0.4) is 0 Å². The van der Waals surface area contributed by atoms with E-state index in [0.717, 1.165) is 44.6 Å². The summed E-state index contributed by atoms with van der Waals surface area (Å²) in [5, 5.41) is 7.42. The van der Waals surface area contributed by atoms with Gasteiger partial charge in [0.2, 0.25) is 5.95 Å². The van der Waals surface area contributed by atoms with E-state index in [-0.39, 0.29) is 0 Å². The molecule has 2 fully saturated rings. The Hall–Kier alpha value is -1.89. The largest absolute Gasteiger partial charge is 0.481 e. The third-order valence-electron chi connectivity index (χ3n) is 5.04. The standard InChI is InChI=1S/C16H27N5.C2H4O2/c1-3-20(4-2)13-10-21(11-13)15-9-14(18-16(17)19-15)12-7-5-6-8-12;1-2(3)4/h9,12-13H,3-8,10-11H2,1-2H3,(H2,17,18,19);1H3,(H,3,4). The first-order valence-electron chi connectivity index (χ1n) is 9.27. The van der Waals surface area contributed by atoms with E-state index in [1.165, 1.54) is 25.7 Å². The Morgan fingerprint density at radius 3 is 2.36 bits per heavy atom. The van der Waals surface area contributed by atoms with Crippen molar-refractivity contribution in [2.45, 2.75) is 58.4 Å². The van der Waals surface area contributed by atoms with Gasteiger partial charge in [-0.2, -0.15) is 4.98 Å². The fourth-order valence-corrected chi connectivity index (χ4v) is 3.68. The molecule has 0 atom stereocenters. The molecule has 1 aliphatic carbocycles. The Kier molecular flexibility index (Phi) is 6.99. The zero-order valence-electron chi connectivity index (χ0n) is 15.6. The molecule has 0 amide bonds. The predicted molar refractivity (Wildman–Crippen MR) is 99.9 cm³/mol. The summed E-state index contributed by atoms with van der Waals surface area (Å²) in [6, 6.07) is 2.83. The van der Waals surface area contributed by atoms with Crippen molar-refractivity contribution < 1.29 is 9.90 Å². The number of aliphatic carboxylic acids is 1. The first kappa shape index (κ1) is 19.4. The summed E-state index contributed by atoms with van der Waals surface area (Å²) in [5.74, 6) is 1.21.